The van der Waals surface area contributed by atoms with E-state index in [1.54, 1.807) is 6.07 Å². The molecule has 2 nitrogen and oxygen atoms in total. The summed E-state index contributed by atoms with van der Waals surface area (Å²) < 4.78 is 40.2. The smallest absolute Gasteiger partial charge is 0.324 e. The number of nitrogens with zero attached hydrogens (tertiary/aromatic N) is 1. The van der Waals surface area contributed by atoms with Gasteiger partial charge in [0.25, 0.3) is 0 Å². The average Bonchev–Trinajstić information content (AvgIpc) is 2.60. The molecule has 134 valence electrons. The first kappa shape index (κ1) is 19.3. The molecule has 0 N–H and O–H groups in total. The van der Waals surface area contributed by atoms with Crippen LogP contribution in [0.1, 0.15) is 16.7 Å². The maximum atomic E-state index is 13.4. The van der Waals surface area contributed by atoms with Crippen LogP contribution in [0.15, 0.2) is 60.7 Å². The fourth-order valence-electron chi connectivity index (χ4n) is 2.40. The van der Waals surface area contributed by atoms with Crippen molar-refractivity contribution in [3.05, 3.63) is 77.4 Å². The van der Waals surface area contributed by atoms with Crippen LogP contribution in [0, 0.1) is 19.3 Å². The molecule has 0 aliphatic heterocycles. The Labute approximate surface area is 151 Å². The van der Waals surface area contributed by atoms with Gasteiger partial charge in [-0.1, -0.05) is 66.1 Å². The molecule has 0 fully saturated rings. The first-order valence-electron chi connectivity index (χ1n) is 7.93. The van der Waals surface area contributed by atoms with Gasteiger partial charge in [-0.15, -0.1) is 6.42 Å². The maximum Gasteiger partial charge on any atom is 0.417 e. The second-order valence-corrected chi connectivity index (χ2v) is 5.81. The van der Waals surface area contributed by atoms with E-state index in [0.29, 0.717) is 6.08 Å². The van der Waals surface area contributed by atoms with E-state index in [4.69, 9.17) is 6.42 Å². The van der Waals surface area contributed by atoms with E-state index in [1.165, 1.54) is 29.2 Å². The number of hydrogen-bond donors (Lipinski definition) is 0. The molecule has 0 saturated heterocycles. The summed E-state index contributed by atoms with van der Waals surface area (Å²) in [6, 6.07) is 14.6. The largest absolute Gasteiger partial charge is 0.417 e. The number of carbonyl (C=O) groups excluding carboxylic acids is 1. The van der Waals surface area contributed by atoms with Crippen LogP contribution in [0.2, 0.25) is 0 Å². The van der Waals surface area contributed by atoms with Crippen molar-refractivity contribution in [2.75, 3.05) is 6.54 Å². The van der Waals surface area contributed by atoms with Gasteiger partial charge >= 0.3 is 6.18 Å². The fraction of sp³-hybridized carbons (Fsp3) is 0.190. The monoisotopic (exact) mass is 357 g/mol. The number of hydrogen-bond acceptors (Lipinski definition) is 1. The molecule has 0 unspecified atom stereocenters. The Kier molecular flexibility index (Phi) is 6.24. The van der Waals surface area contributed by atoms with E-state index in [9.17, 15) is 18.0 Å². The van der Waals surface area contributed by atoms with Crippen molar-refractivity contribution in [2.45, 2.75) is 19.6 Å². The first-order valence-corrected chi connectivity index (χ1v) is 7.93. The molecule has 2 rings (SSSR count). The summed E-state index contributed by atoms with van der Waals surface area (Å²) in [6.45, 7) is 1.98. The Hall–Kier alpha value is -3.00. The summed E-state index contributed by atoms with van der Waals surface area (Å²) in [5.41, 5.74) is 0.783. The molecular weight excluding hydrogens is 339 g/mol. The molecule has 0 saturated carbocycles. The molecule has 0 aliphatic carbocycles. The van der Waals surface area contributed by atoms with Crippen LogP contribution < -0.4 is 0 Å². The third-order valence-corrected chi connectivity index (χ3v) is 3.75. The van der Waals surface area contributed by atoms with Crippen molar-refractivity contribution in [3.63, 3.8) is 0 Å². The molecule has 0 bridgehead atoms. The summed E-state index contributed by atoms with van der Waals surface area (Å²) >= 11 is 0. The molecule has 2 aromatic carbocycles. The fourth-order valence-corrected chi connectivity index (χ4v) is 2.40. The molecule has 0 spiro atoms. The van der Waals surface area contributed by atoms with Gasteiger partial charge in [-0.2, -0.15) is 13.2 Å². The second kappa shape index (κ2) is 8.39. The number of carbonyl (C=O) groups is 1. The van der Waals surface area contributed by atoms with Crippen LogP contribution in [0.4, 0.5) is 13.2 Å². The van der Waals surface area contributed by atoms with Crippen molar-refractivity contribution in [2.24, 2.45) is 0 Å². The summed E-state index contributed by atoms with van der Waals surface area (Å²) in [4.78, 5) is 13.7. The Morgan fingerprint density at radius 3 is 2.27 bits per heavy atom. The molecule has 0 aliphatic rings. The van der Waals surface area contributed by atoms with Crippen molar-refractivity contribution < 1.29 is 18.0 Å². The minimum Gasteiger partial charge on any atom is -0.324 e. The number of amides is 1. The van der Waals surface area contributed by atoms with Crippen molar-refractivity contribution >= 4 is 11.5 Å². The number of rotatable bonds is 5. The average molecular weight is 357 g/mol. The van der Waals surface area contributed by atoms with E-state index in [2.05, 4.69) is 5.92 Å². The topological polar surface area (TPSA) is 20.3 Å². The van der Waals surface area contributed by atoms with E-state index in [1.807, 2.05) is 31.2 Å². The maximum absolute atomic E-state index is 13.4. The zero-order valence-corrected chi connectivity index (χ0v) is 14.3. The molecule has 0 atom stereocenters. The summed E-state index contributed by atoms with van der Waals surface area (Å²) in [6.07, 6.45) is 1.25. The Morgan fingerprint density at radius 2 is 1.73 bits per heavy atom. The van der Waals surface area contributed by atoms with Gasteiger partial charge in [-0.25, -0.2) is 0 Å². The highest BCUT2D eigenvalue weighted by atomic mass is 19.4. The van der Waals surface area contributed by atoms with E-state index < -0.39 is 17.7 Å². The molecule has 0 heterocycles. The zero-order chi connectivity index (χ0) is 19.2. The lowest BCUT2D eigenvalue weighted by Crippen LogP contribution is -2.30. The van der Waals surface area contributed by atoms with Gasteiger partial charge in [0.1, 0.15) is 0 Å². The van der Waals surface area contributed by atoms with E-state index in [-0.39, 0.29) is 18.7 Å². The van der Waals surface area contributed by atoms with Crippen molar-refractivity contribution in [1.82, 2.24) is 4.90 Å². The van der Waals surface area contributed by atoms with E-state index in [0.717, 1.165) is 11.1 Å². The van der Waals surface area contributed by atoms with Crippen LogP contribution in [0.25, 0.3) is 5.57 Å². The predicted octanol–water partition coefficient (Wildman–Crippen LogP) is 4.60. The lowest BCUT2D eigenvalue weighted by molar-refractivity contribution is -0.126. The third-order valence-electron chi connectivity index (χ3n) is 3.75. The minimum absolute atomic E-state index is 0.0654. The number of allylic oxidation sites excluding steroid dienone is 1. The number of alkyl halides is 3. The Balaban J connectivity index is 2.32. The molecular formula is C21H18F3NO. The van der Waals surface area contributed by atoms with Gasteiger partial charge in [0.15, 0.2) is 0 Å². The molecule has 2 aromatic rings. The van der Waals surface area contributed by atoms with Crippen molar-refractivity contribution in [3.8, 4) is 12.3 Å². The quantitative estimate of drug-likeness (QED) is 0.566. The Morgan fingerprint density at radius 1 is 1.12 bits per heavy atom. The Bertz CT molecular complexity index is 815. The van der Waals surface area contributed by atoms with Gasteiger partial charge in [0.05, 0.1) is 12.1 Å². The minimum atomic E-state index is -4.65. The van der Waals surface area contributed by atoms with Crippen LogP contribution >= 0.6 is 0 Å². The number of benzene rings is 2. The number of terminal acetylenes is 1. The van der Waals surface area contributed by atoms with Crippen LogP contribution in [0.5, 0.6) is 0 Å². The zero-order valence-electron chi connectivity index (χ0n) is 14.3. The lowest BCUT2D eigenvalue weighted by atomic mass is 10.0. The summed E-state index contributed by atoms with van der Waals surface area (Å²) in [5, 5.41) is 0. The molecule has 0 aromatic heterocycles. The normalized spacial score (nSPS) is 11.7. The SMILES string of the molecule is C#CCN(Cc1ccc(C)cc1)C(=O)/C=C(/c1ccccc1)C(F)(F)F. The third kappa shape index (κ3) is 5.25. The van der Waals surface area contributed by atoms with Gasteiger partial charge in [-0.3, -0.25) is 4.79 Å². The molecule has 0 radical (unpaired) electrons. The molecule has 1 amide bonds. The standard InChI is InChI=1S/C21H18F3NO/c1-3-13-25(15-17-11-9-16(2)10-12-17)20(26)14-19(21(22,23)24)18-7-5-4-6-8-18/h1,4-12,14H,13,15H2,2H3/b19-14-. The highest BCUT2D eigenvalue weighted by Crippen LogP contribution is 2.33. The van der Waals surface area contributed by atoms with Gasteiger partial charge in [-0.05, 0) is 18.1 Å². The lowest BCUT2D eigenvalue weighted by Gasteiger charge is -2.20. The number of halogens is 3. The summed E-state index contributed by atoms with van der Waals surface area (Å²) in [5.74, 6) is 1.55. The highest BCUT2D eigenvalue weighted by molar-refractivity contribution is 5.96. The van der Waals surface area contributed by atoms with Gasteiger partial charge in [0, 0.05) is 12.6 Å². The molecule has 26 heavy (non-hydrogen) atoms. The van der Waals surface area contributed by atoms with Crippen LogP contribution in [-0.4, -0.2) is 23.5 Å². The number of aryl methyl sites for hydroxylation is 1. The molecule has 5 heteroatoms. The van der Waals surface area contributed by atoms with Gasteiger partial charge in [0.2, 0.25) is 5.91 Å². The highest BCUT2D eigenvalue weighted by Gasteiger charge is 2.35. The van der Waals surface area contributed by atoms with Crippen LogP contribution in [0.3, 0.4) is 0 Å². The summed E-state index contributed by atoms with van der Waals surface area (Å²) in [7, 11) is 0. The van der Waals surface area contributed by atoms with Gasteiger partial charge < -0.3 is 4.90 Å². The second-order valence-electron chi connectivity index (χ2n) is 5.81. The predicted molar refractivity (Wildman–Crippen MR) is 95.9 cm³/mol. The van der Waals surface area contributed by atoms with Crippen LogP contribution in [-0.2, 0) is 11.3 Å². The van der Waals surface area contributed by atoms with Crippen molar-refractivity contribution in [1.29, 1.82) is 0 Å². The van der Waals surface area contributed by atoms with E-state index >= 15 is 0 Å². The first-order chi connectivity index (χ1) is 12.3.